The van der Waals surface area contributed by atoms with Gasteiger partial charge >= 0.3 is 0 Å². The number of rotatable bonds is 7. The van der Waals surface area contributed by atoms with E-state index < -0.39 is 5.41 Å². The lowest BCUT2D eigenvalue weighted by molar-refractivity contribution is 0.360. The third-order valence-electron chi connectivity index (χ3n) is 13.9. The Bertz CT molecular complexity index is 3960. The molecule has 0 bridgehead atoms. The van der Waals surface area contributed by atoms with E-state index in [4.69, 9.17) is 28.8 Å². The molecule has 14 rings (SSSR count). The first kappa shape index (κ1) is 39.7. The number of furan rings is 1. The zero-order valence-corrected chi connectivity index (χ0v) is 37.6. The Hall–Kier alpha value is -9.39. The van der Waals surface area contributed by atoms with Crippen LogP contribution in [-0.2, 0) is 5.41 Å². The highest BCUT2D eigenvalue weighted by molar-refractivity contribution is 6.09. The van der Waals surface area contributed by atoms with Crippen molar-refractivity contribution >= 4 is 21.9 Å². The molecule has 2 aromatic heterocycles. The molecule has 1 aliphatic carbocycles. The van der Waals surface area contributed by atoms with E-state index in [-0.39, 0.29) is 0 Å². The zero-order valence-electron chi connectivity index (χ0n) is 37.6. The monoisotopic (exact) mass is 897 g/mol. The predicted molar refractivity (Wildman–Crippen MR) is 278 cm³/mol. The van der Waals surface area contributed by atoms with Crippen molar-refractivity contribution < 1.29 is 13.9 Å². The minimum Gasteiger partial charge on any atom is -0.455 e. The Kier molecular flexibility index (Phi) is 9.01. The summed E-state index contributed by atoms with van der Waals surface area (Å²) in [6, 6.07) is 81.9. The maximum absolute atomic E-state index is 7.06. The van der Waals surface area contributed by atoms with Gasteiger partial charge in [-0.2, -0.15) is 0 Å². The first-order valence-electron chi connectivity index (χ1n) is 23.5. The number of aromatic nitrogens is 3. The van der Waals surface area contributed by atoms with Crippen LogP contribution < -0.4 is 9.47 Å². The maximum atomic E-state index is 7.06. The summed E-state index contributed by atoms with van der Waals surface area (Å²) >= 11 is 0. The molecule has 70 heavy (non-hydrogen) atoms. The molecule has 0 spiro atoms. The minimum atomic E-state index is -0.556. The zero-order chi connectivity index (χ0) is 46.2. The van der Waals surface area contributed by atoms with Crippen LogP contribution in [0.15, 0.2) is 241 Å². The van der Waals surface area contributed by atoms with Gasteiger partial charge in [-0.1, -0.05) is 206 Å². The number of fused-ring (bicyclic) bond motifs is 9. The molecular weight excluding hydrogens is 859 g/mol. The van der Waals surface area contributed by atoms with Gasteiger partial charge in [0.15, 0.2) is 40.5 Å². The summed E-state index contributed by atoms with van der Waals surface area (Å²) in [7, 11) is 0. The topological polar surface area (TPSA) is 70.3 Å². The molecular formula is C64H39N3O3. The second-order valence-corrected chi connectivity index (χ2v) is 17.8. The molecule has 1 aliphatic heterocycles. The molecule has 0 atom stereocenters. The van der Waals surface area contributed by atoms with Crippen LogP contribution in [0, 0.1) is 0 Å². The van der Waals surface area contributed by atoms with Crippen LogP contribution in [0.5, 0.6) is 23.0 Å². The number of hydrogen-bond donors (Lipinski definition) is 0. The average Bonchev–Trinajstić information content (AvgIpc) is 3.98. The number of nitrogens with zero attached hydrogens (tertiary/aromatic N) is 3. The van der Waals surface area contributed by atoms with Crippen molar-refractivity contribution in [2.24, 2.45) is 0 Å². The summed E-state index contributed by atoms with van der Waals surface area (Å²) in [5.41, 5.74) is 14.8. The summed E-state index contributed by atoms with van der Waals surface area (Å²) in [5, 5.41) is 2.20. The number of ether oxygens (including phenoxy) is 2. The Morgan fingerprint density at radius 1 is 0.329 bits per heavy atom. The van der Waals surface area contributed by atoms with Crippen LogP contribution in [-0.4, -0.2) is 15.0 Å². The quantitative estimate of drug-likeness (QED) is 0.159. The fourth-order valence-electron chi connectivity index (χ4n) is 10.7. The Balaban J connectivity index is 0.832. The molecule has 6 nitrogen and oxygen atoms in total. The molecule has 0 amide bonds. The molecule has 10 aromatic carbocycles. The molecule has 0 N–H and O–H groups in total. The third kappa shape index (κ3) is 6.24. The summed E-state index contributed by atoms with van der Waals surface area (Å²) in [4.78, 5) is 15.2. The van der Waals surface area contributed by atoms with Crippen LogP contribution in [0.4, 0.5) is 0 Å². The Labute approximate surface area is 403 Å². The van der Waals surface area contributed by atoms with E-state index in [0.717, 1.165) is 77.6 Å². The maximum Gasteiger partial charge on any atom is 0.178 e. The van der Waals surface area contributed by atoms with E-state index in [1.54, 1.807) is 0 Å². The van der Waals surface area contributed by atoms with Gasteiger partial charge in [0.2, 0.25) is 0 Å². The van der Waals surface area contributed by atoms with Gasteiger partial charge in [0.1, 0.15) is 11.2 Å². The van der Waals surface area contributed by atoms with Crippen LogP contribution >= 0.6 is 0 Å². The van der Waals surface area contributed by atoms with Crippen LogP contribution in [0.25, 0.3) is 89.5 Å². The van der Waals surface area contributed by atoms with Crippen molar-refractivity contribution in [2.45, 2.75) is 5.41 Å². The smallest absolute Gasteiger partial charge is 0.178 e. The Morgan fingerprint density at radius 3 is 1.64 bits per heavy atom. The van der Waals surface area contributed by atoms with Crippen molar-refractivity contribution in [3.05, 3.63) is 259 Å². The summed E-state index contributed by atoms with van der Waals surface area (Å²) in [6.45, 7) is 0. The lowest BCUT2D eigenvalue weighted by Gasteiger charge is -2.34. The van der Waals surface area contributed by atoms with E-state index in [9.17, 15) is 0 Å². The number of para-hydroxylation sites is 2. The van der Waals surface area contributed by atoms with Gasteiger partial charge in [0.05, 0.1) is 5.41 Å². The number of benzene rings is 10. The third-order valence-corrected chi connectivity index (χ3v) is 13.9. The fraction of sp³-hybridized carbons (Fsp3) is 0.0156. The predicted octanol–water partition coefficient (Wildman–Crippen LogP) is 16.4. The summed E-state index contributed by atoms with van der Waals surface area (Å²) in [5.74, 6) is 4.45. The van der Waals surface area contributed by atoms with Gasteiger partial charge in [0.25, 0.3) is 0 Å². The van der Waals surface area contributed by atoms with Gasteiger partial charge in [-0.3, -0.25) is 0 Å². The van der Waals surface area contributed by atoms with Crippen LogP contribution in [0.1, 0.15) is 22.3 Å². The van der Waals surface area contributed by atoms with Gasteiger partial charge in [0, 0.05) is 38.6 Å². The first-order chi connectivity index (χ1) is 34.7. The fourth-order valence-corrected chi connectivity index (χ4v) is 10.7. The normalized spacial score (nSPS) is 12.9. The summed E-state index contributed by atoms with van der Waals surface area (Å²) < 4.78 is 20.1. The van der Waals surface area contributed by atoms with E-state index in [1.807, 2.05) is 60.7 Å². The van der Waals surface area contributed by atoms with E-state index in [1.165, 1.54) is 16.7 Å². The molecule has 0 radical (unpaired) electrons. The molecule has 6 heteroatoms. The van der Waals surface area contributed by atoms with Crippen molar-refractivity contribution in [1.82, 2.24) is 15.0 Å². The van der Waals surface area contributed by atoms with E-state index in [0.29, 0.717) is 40.5 Å². The minimum absolute atomic E-state index is 0.556. The molecule has 328 valence electrons. The van der Waals surface area contributed by atoms with Crippen molar-refractivity contribution in [1.29, 1.82) is 0 Å². The lowest BCUT2D eigenvalue weighted by Crippen LogP contribution is -2.28. The molecule has 12 aromatic rings. The highest BCUT2D eigenvalue weighted by Crippen LogP contribution is 2.62. The van der Waals surface area contributed by atoms with Crippen LogP contribution in [0.2, 0.25) is 0 Å². The second kappa shape index (κ2) is 15.9. The highest BCUT2D eigenvalue weighted by Gasteiger charge is 2.48. The van der Waals surface area contributed by atoms with Gasteiger partial charge < -0.3 is 13.9 Å². The lowest BCUT2D eigenvalue weighted by atomic mass is 9.68. The summed E-state index contributed by atoms with van der Waals surface area (Å²) in [6.07, 6.45) is 0. The van der Waals surface area contributed by atoms with Crippen LogP contribution in [0.3, 0.4) is 0 Å². The number of hydrogen-bond acceptors (Lipinski definition) is 6. The van der Waals surface area contributed by atoms with Gasteiger partial charge in [-0.25, -0.2) is 15.0 Å². The molecule has 3 heterocycles. The van der Waals surface area contributed by atoms with Crippen molar-refractivity contribution in [3.63, 3.8) is 0 Å². The van der Waals surface area contributed by atoms with E-state index >= 15 is 0 Å². The molecule has 0 fully saturated rings. The second-order valence-electron chi connectivity index (χ2n) is 17.8. The SMILES string of the molecule is c1ccc(-c2nc(-c3ccc(-c4cccc5c4oc4ccccc45)cc3)nc(-c3cccc(-c4ccc5c(c4)Oc4c(ccc6c4-c4ccccc4C6(c4ccccc4)c4ccccc4)O5)c3)n2)cc1. The Morgan fingerprint density at radius 2 is 0.871 bits per heavy atom. The molecule has 0 unspecified atom stereocenters. The van der Waals surface area contributed by atoms with Gasteiger partial charge in [-0.05, 0) is 74.8 Å². The van der Waals surface area contributed by atoms with Crippen molar-refractivity contribution in [3.8, 4) is 90.5 Å². The molecule has 0 saturated carbocycles. The van der Waals surface area contributed by atoms with E-state index in [2.05, 4.69) is 176 Å². The first-order valence-corrected chi connectivity index (χ1v) is 23.5. The van der Waals surface area contributed by atoms with Gasteiger partial charge in [-0.15, -0.1) is 0 Å². The largest absolute Gasteiger partial charge is 0.455 e. The standard InChI is InChI=1S/C64H39N3O3/c1-4-16-41(17-5-1)61-65-62(42-32-30-40(31-33-42)48-26-15-27-50-49-24-11-13-29-54(49)69-59(48)50)67-63(66-61)45-19-14-18-43(38-45)44-34-36-55-57(39-44)70-60-56(68-55)37-35-53-58(60)51-25-10-12-28-52(51)64(53,46-20-6-2-7-21-46)47-22-8-3-9-23-47/h1-39H. The molecule has 2 aliphatic rings. The molecule has 0 saturated heterocycles. The van der Waals surface area contributed by atoms with Crippen molar-refractivity contribution in [2.75, 3.05) is 0 Å². The average molecular weight is 898 g/mol. The highest BCUT2D eigenvalue weighted by atomic mass is 16.6.